The number of carbonyl (C=O) groups is 2. The molecule has 0 saturated heterocycles. The van der Waals surface area contributed by atoms with Crippen molar-refractivity contribution < 1.29 is 14.7 Å². The van der Waals surface area contributed by atoms with Gasteiger partial charge in [0, 0.05) is 12.7 Å². The first-order valence-corrected chi connectivity index (χ1v) is 6.54. The standard InChI is InChI=1S/C14H18N2O3/c1-2-4-14(5-6-14)9-16-12(17)11-8-10(13(18)19)3-7-15-11/h3,7-8H,2,4-6,9H2,1H3,(H,16,17)(H,18,19). The number of amides is 1. The van der Waals surface area contributed by atoms with E-state index in [2.05, 4.69) is 17.2 Å². The molecule has 0 bridgehead atoms. The molecule has 1 aliphatic rings. The minimum absolute atomic E-state index is 0.0786. The summed E-state index contributed by atoms with van der Waals surface area (Å²) in [5.74, 6) is -1.36. The quantitative estimate of drug-likeness (QED) is 0.822. The summed E-state index contributed by atoms with van der Waals surface area (Å²) >= 11 is 0. The third-order valence-corrected chi connectivity index (χ3v) is 3.60. The summed E-state index contributed by atoms with van der Waals surface area (Å²) in [6.07, 6.45) is 5.89. The van der Waals surface area contributed by atoms with Gasteiger partial charge < -0.3 is 10.4 Å². The Hall–Kier alpha value is -1.91. The Morgan fingerprint density at radius 2 is 2.21 bits per heavy atom. The van der Waals surface area contributed by atoms with Crippen LogP contribution in [0, 0.1) is 5.41 Å². The molecule has 0 spiro atoms. The molecule has 2 rings (SSSR count). The third kappa shape index (κ3) is 3.30. The van der Waals surface area contributed by atoms with Gasteiger partial charge >= 0.3 is 5.97 Å². The highest BCUT2D eigenvalue weighted by molar-refractivity contribution is 5.95. The van der Waals surface area contributed by atoms with Crippen molar-refractivity contribution in [3.63, 3.8) is 0 Å². The number of nitrogens with zero attached hydrogens (tertiary/aromatic N) is 1. The van der Waals surface area contributed by atoms with Crippen LogP contribution >= 0.6 is 0 Å². The monoisotopic (exact) mass is 262 g/mol. The zero-order chi connectivity index (χ0) is 13.9. The van der Waals surface area contributed by atoms with Crippen molar-refractivity contribution in [2.45, 2.75) is 32.6 Å². The molecule has 1 fully saturated rings. The molecule has 19 heavy (non-hydrogen) atoms. The van der Waals surface area contributed by atoms with E-state index in [9.17, 15) is 9.59 Å². The van der Waals surface area contributed by atoms with Gasteiger partial charge in [-0.1, -0.05) is 13.3 Å². The smallest absolute Gasteiger partial charge is 0.335 e. The van der Waals surface area contributed by atoms with Gasteiger partial charge in [-0.15, -0.1) is 0 Å². The summed E-state index contributed by atoms with van der Waals surface area (Å²) in [6.45, 7) is 2.79. The van der Waals surface area contributed by atoms with Crippen molar-refractivity contribution in [2.75, 3.05) is 6.54 Å². The number of nitrogens with one attached hydrogen (secondary N) is 1. The van der Waals surface area contributed by atoms with Crippen LogP contribution in [-0.2, 0) is 0 Å². The Bertz CT molecular complexity index is 495. The highest BCUT2D eigenvalue weighted by Crippen LogP contribution is 2.48. The average molecular weight is 262 g/mol. The molecule has 0 unspecified atom stereocenters. The van der Waals surface area contributed by atoms with Crippen molar-refractivity contribution in [1.29, 1.82) is 0 Å². The van der Waals surface area contributed by atoms with Crippen LogP contribution in [0.1, 0.15) is 53.5 Å². The first-order valence-electron chi connectivity index (χ1n) is 6.54. The van der Waals surface area contributed by atoms with Crippen LogP contribution < -0.4 is 5.32 Å². The highest BCUT2D eigenvalue weighted by atomic mass is 16.4. The molecule has 1 heterocycles. The average Bonchev–Trinajstić information content (AvgIpc) is 3.17. The van der Waals surface area contributed by atoms with E-state index >= 15 is 0 Å². The van der Waals surface area contributed by atoms with Crippen LogP contribution in [-0.4, -0.2) is 28.5 Å². The molecule has 1 amide bonds. The van der Waals surface area contributed by atoms with Gasteiger partial charge in [-0.3, -0.25) is 9.78 Å². The SMILES string of the molecule is CCCC1(CNC(=O)c2cc(C(=O)O)ccn2)CC1. The van der Waals surface area contributed by atoms with E-state index in [4.69, 9.17) is 5.11 Å². The predicted molar refractivity (Wildman–Crippen MR) is 70.1 cm³/mol. The van der Waals surface area contributed by atoms with Gasteiger partial charge in [0.25, 0.3) is 5.91 Å². The van der Waals surface area contributed by atoms with Gasteiger partial charge in [-0.2, -0.15) is 0 Å². The van der Waals surface area contributed by atoms with Gasteiger partial charge in [0.1, 0.15) is 5.69 Å². The van der Waals surface area contributed by atoms with E-state index in [-0.39, 0.29) is 22.6 Å². The second-order valence-corrected chi connectivity index (χ2v) is 5.17. The van der Waals surface area contributed by atoms with E-state index in [0.717, 1.165) is 25.7 Å². The lowest BCUT2D eigenvalue weighted by Gasteiger charge is -2.14. The normalized spacial score (nSPS) is 15.8. The maximum atomic E-state index is 11.9. The number of aromatic carboxylic acids is 1. The largest absolute Gasteiger partial charge is 0.478 e. The summed E-state index contributed by atoms with van der Waals surface area (Å²) in [4.78, 5) is 26.7. The van der Waals surface area contributed by atoms with Crippen LogP contribution in [0.5, 0.6) is 0 Å². The topological polar surface area (TPSA) is 79.3 Å². The van der Waals surface area contributed by atoms with Gasteiger partial charge in [0.15, 0.2) is 0 Å². The van der Waals surface area contributed by atoms with Crippen LogP contribution in [0.2, 0.25) is 0 Å². The molecule has 102 valence electrons. The molecule has 5 heteroatoms. The van der Waals surface area contributed by atoms with Crippen LogP contribution in [0.15, 0.2) is 18.3 Å². The number of rotatable bonds is 6. The Balaban J connectivity index is 1.96. The second-order valence-electron chi connectivity index (χ2n) is 5.17. The first kappa shape index (κ1) is 13.5. The van der Waals surface area contributed by atoms with Crippen LogP contribution in [0.3, 0.4) is 0 Å². The molecule has 1 aromatic heterocycles. The van der Waals surface area contributed by atoms with Gasteiger partial charge in [-0.05, 0) is 36.8 Å². The maximum absolute atomic E-state index is 11.9. The number of carboxylic acid groups (broad SMARTS) is 1. The van der Waals surface area contributed by atoms with E-state index in [1.54, 1.807) is 0 Å². The zero-order valence-corrected chi connectivity index (χ0v) is 11.0. The maximum Gasteiger partial charge on any atom is 0.335 e. The first-order chi connectivity index (χ1) is 9.06. The van der Waals surface area contributed by atoms with Crippen LogP contribution in [0.25, 0.3) is 0 Å². The van der Waals surface area contributed by atoms with Crippen molar-refractivity contribution in [3.05, 3.63) is 29.6 Å². The number of hydrogen-bond acceptors (Lipinski definition) is 3. The minimum Gasteiger partial charge on any atom is -0.478 e. The fraction of sp³-hybridized carbons (Fsp3) is 0.500. The molecule has 0 atom stereocenters. The van der Waals surface area contributed by atoms with E-state index in [1.165, 1.54) is 18.3 Å². The Morgan fingerprint density at radius 3 is 2.79 bits per heavy atom. The summed E-state index contributed by atoms with van der Waals surface area (Å²) in [6, 6.07) is 2.68. The molecule has 1 saturated carbocycles. The van der Waals surface area contributed by atoms with E-state index in [1.807, 2.05) is 0 Å². The molecule has 1 aromatic rings. The number of aromatic nitrogens is 1. The molecule has 2 N–H and O–H groups in total. The fourth-order valence-electron chi connectivity index (χ4n) is 2.27. The van der Waals surface area contributed by atoms with Crippen LogP contribution in [0.4, 0.5) is 0 Å². The van der Waals surface area contributed by atoms with Gasteiger partial charge in [0.2, 0.25) is 0 Å². The van der Waals surface area contributed by atoms with Crippen molar-refractivity contribution in [1.82, 2.24) is 10.3 Å². The lowest BCUT2D eigenvalue weighted by molar-refractivity contribution is 0.0696. The molecule has 5 nitrogen and oxygen atoms in total. The zero-order valence-electron chi connectivity index (χ0n) is 11.0. The predicted octanol–water partition coefficient (Wildman–Crippen LogP) is 2.09. The Labute approximate surface area is 112 Å². The summed E-state index contributed by atoms with van der Waals surface area (Å²) in [7, 11) is 0. The van der Waals surface area contributed by atoms with E-state index in [0.29, 0.717) is 6.54 Å². The minimum atomic E-state index is -1.05. The number of pyridine rings is 1. The molecular formula is C14H18N2O3. The van der Waals surface area contributed by atoms with Crippen molar-refractivity contribution >= 4 is 11.9 Å². The lowest BCUT2D eigenvalue weighted by atomic mass is 10.0. The molecule has 1 aliphatic carbocycles. The van der Waals surface area contributed by atoms with E-state index < -0.39 is 5.97 Å². The highest BCUT2D eigenvalue weighted by Gasteiger charge is 2.41. The lowest BCUT2D eigenvalue weighted by Crippen LogP contribution is -2.30. The summed E-state index contributed by atoms with van der Waals surface area (Å²) in [5.41, 5.74) is 0.511. The molecule has 0 aromatic carbocycles. The third-order valence-electron chi connectivity index (χ3n) is 3.60. The molecular weight excluding hydrogens is 244 g/mol. The fourth-order valence-corrected chi connectivity index (χ4v) is 2.27. The number of hydrogen-bond donors (Lipinski definition) is 2. The number of carbonyl (C=O) groups excluding carboxylic acids is 1. The summed E-state index contributed by atoms with van der Waals surface area (Å²) in [5, 5.41) is 11.7. The van der Waals surface area contributed by atoms with Crippen molar-refractivity contribution in [2.24, 2.45) is 5.41 Å². The van der Waals surface area contributed by atoms with Gasteiger partial charge in [-0.25, -0.2) is 4.79 Å². The second kappa shape index (κ2) is 5.38. The Morgan fingerprint density at radius 1 is 1.47 bits per heavy atom. The van der Waals surface area contributed by atoms with Gasteiger partial charge in [0.05, 0.1) is 5.56 Å². The van der Waals surface area contributed by atoms with Crippen molar-refractivity contribution in [3.8, 4) is 0 Å². The number of carboxylic acids is 1. The molecule has 0 aliphatic heterocycles. The Kier molecular flexibility index (Phi) is 3.83. The summed E-state index contributed by atoms with van der Waals surface area (Å²) < 4.78 is 0. The molecule has 0 radical (unpaired) electrons.